The minimum atomic E-state index is -0.0757. The first-order valence-corrected chi connectivity index (χ1v) is 8.53. The molecular weight excluding hydrogens is 316 g/mol. The number of hydrogen-bond donors (Lipinski definition) is 1. The van der Waals surface area contributed by atoms with Gasteiger partial charge in [0.05, 0.1) is 11.1 Å². The minimum Gasteiger partial charge on any atom is -0.466 e. The van der Waals surface area contributed by atoms with Gasteiger partial charge in [0.25, 0.3) is 5.91 Å². The van der Waals surface area contributed by atoms with Crippen LogP contribution in [0.25, 0.3) is 0 Å². The molecule has 0 saturated carbocycles. The molecule has 1 aliphatic rings. The highest BCUT2D eigenvalue weighted by molar-refractivity contribution is 5.95. The fourth-order valence-electron chi connectivity index (χ4n) is 3.27. The van der Waals surface area contributed by atoms with Crippen LogP contribution in [0, 0.1) is 31.1 Å². The number of piperidine rings is 1. The second kappa shape index (κ2) is 7.39. The summed E-state index contributed by atoms with van der Waals surface area (Å²) in [6.45, 7) is 5.99. The molecule has 0 aliphatic carbocycles. The van der Waals surface area contributed by atoms with Gasteiger partial charge in [0, 0.05) is 25.8 Å². The number of nitrogens with one attached hydrogen (secondary N) is 1. The highest BCUT2D eigenvalue weighted by Crippen LogP contribution is 2.24. The molecule has 0 unspecified atom stereocenters. The van der Waals surface area contributed by atoms with E-state index in [1.54, 1.807) is 31.3 Å². The number of rotatable bonds is 4. The lowest BCUT2D eigenvalue weighted by Gasteiger charge is -2.33. The van der Waals surface area contributed by atoms with E-state index in [2.05, 4.69) is 21.3 Å². The number of anilines is 1. The number of aryl methyl sites for hydroxylation is 2. The Morgan fingerprint density at radius 2 is 2.20 bits per heavy atom. The van der Waals surface area contributed by atoms with Crippen LogP contribution in [-0.2, 0) is 0 Å². The van der Waals surface area contributed by atoms with Gasteiger partial charge in [-0.3, -0.25) is 4.79 Å². The molecule has 2 aromatic heterocycles. The summed E-state index contributed by atoms with van der Waals surface area (Å²) in [5.41, 5.74) is 1.22. The number of furan rings is 1. The Balaban J connectivity index is 1.52. The summed E-state index contributed by atoms with van der Waals surface area (Å²) in [5, 5.41) is 12.2. The Kier molecular flexibility index (Phi) is 5.03. The van der Waals surface area contributed by atoms with Crippen LogP contribution in [0.1, 0.15) is 40.3 Å². The van der Waals surface area contributed by atoms with E-state index in [0.29, 0.717) is 29.3 Å². The van der Waals surface area contributed by atoms with E-state index >= 15 is 0 Å². The Morgan fingerprint density at radius 1 is 1.44 bits per heavy atom. The van der Waals surface area contributed by atoms with Gasteiger partial charge in [0.1, 0.15) is 23.4 Å². The van der Waals surface area contributed by atoms with Crippen molar-refractivity contribution in [1.82, 2.24) is 10.3 Å². The Bertz CT molecular complexity index is 798. The number of pyridine rings is 1. The van der Waals surface area contributed by atoms with E-state index in [9.17, 15) is 10.1 Å². The third kappa shape index (κ3) is 3.82. The van der Waals surface area contributed by atoms with Crippen LogP contribution in [0.2, 0.25) is 0 Å². The standard InChI is InChI=1S/C19H22N4O2/c1-13-10-17(14(2)25-13)19(24)22-12-15-5-8-23(9-6-15)18-16(11-20)4-3-7-21-18/h3-4,7,10,15H,5-6,8-9,12H2,1-2H3,(H,22,24). The van der Waals surface area contributed by atoms with Crippen LogP contribution in [0.4, 0.5) is 5.82 Å². The molecule has 6 nitrogen and oxygen atoms in total. The van der Waals surface area contributed by atoms with Crippen LogP contribution in [0.15, 0.2) is 28.8 Å². The summed E-state index contributed by atoms with van der Waals surface area (Å²) in [7, 11) is 0. The van der Waals surface area contributed by atoms with Crippen molar-refractivity contribution in [3.63, 3.8) is 0 Å². The van der Waals surface area contributed by atoms with Gasteiger partial charge in [-0.25, -0.2) is 4.98 Å². The molecule has 6 heteroatoms. The predicted molar refractivity (Wildman–Crippen MR) is 94.4 cm³/mol. The Morgan fingerprint density at radius 3 is 2.84 bits per heavy atom. The second-order valence-corrected chi connectivity index (χ2v) is 6.45. The first-order valence-electron chi connectivity index (χ1n) is 8.53. The number of nitriles is 1. The molecule has 2 aromatic rings. The summed E-state index contributed by atoms with van der Waals surface area (Å²) in [4.78, 5) is 18.8. The lowest BCUT2D eigenvalue weighted by atomic mass is 9.96. The van der Waals surface area contributed by atoms with Gasteiger partial charge >= 0.3 is 0 Å². The second-order valence-electron chi connectivity index (χ2n) is 6.45. The van der Waals surface area contributed by atoms with Crippen molar-refractivity contribution >= 4 is 11.7 Å². The molecule has 0 aromatic carbocycles. The van der Waals surface area contributed by atoms with Crippen molar-refractivity contribution in [2.75, 3.05) is 24.5 Å². The molecule has 1 N–H and O–H groups in total. The molecule has 1 amide bonds. The molecule has 1 fully saturated rings. The number of carbonyl (C=O) groups excluding carboxylic acids is 1. The maximum atomic E-state index is 12.3. The van der Waals surface area contributed by atoms with Crippen LogP contribution in [-0.4, -0.2) is 30.5 Å². The van der Waals surface area contributed by atoms with Gasteiger partial charge in [0.2, 0.25) is 0 Å². The van der Waals surface area contributed by atoms with Crippen LogP contribution in [0.3, 0.4) is 0 Å². The van der Waals surface area contributed by atoms with E-state index in [1.165, 1.54) is 0 Å². The number of hydrogen-bond acceptors (Lipinski definition) is 5. The smallest absolute Gasteiger partial charge is 0.254 e. The predicted octanol–water partition coefficient (Wildman–Crippen LogP) is 2.81. The van der Waals surface area contributed by atoms with E-state index in [1.807, 2.05) is 6.92 Å². The summed E-state index contributed by atoms with van der Waals surface area (Å²) in [6.07, 6.45) is 3.65. The van der Waals surface area contributed by atoms with Crippen molar-refractivity contribution in [2.24, 2.45) is 5.92 Å². The van der Waals surface area contributed by atoms with Gasteiger partial charge in [-0.05, 0) is 50.8 Å². The molecule has 0 bridgehead atoms. The van der Waals surface area contributed by atoms with Gasteiger partial charge in [-0.1, -0.05) is 0 Å². The molecule has 1 aliphatic heterocycles. The van der Waals surface area contributed by atoms with E-state index in [-0.39, 0.29) is 5.91 Å². The van der Waals surface area contributed by atoms with E-state index in [4.69, 9.17) is 4.42 Å². The number of amides is 1. The zero-order valence-electron chi connectivity index (χ0n) is 14.6. The first-order chi connectivity index (χ1) is 12.1. The van der Waals surface area contributed by atoms with Crippen molar-refractivity contribution in [2.45, 2.75) is 26.7 Å². The van der Waals surface area contributed by atoms with Gasteiger partial charge in [-0.2, -0.15) is 5.26 Å². The lowest BCUT2D eigenvalue weighted by Crippen LogP contribution is -2.39. The summed E-state index contributed by atoms with van der Waals surface area (Å²) in [6, 6.07) is 7.55. The molecule has 3 heterocycles. The molecule has 25 heavy (non-hydrogen) atoms. The maximum absolute atomic E-state index is 12.3. The van der Waals surface area contributed by atoms with Gasteiger partial charge in [0.15, 0.2) is 0 Å². The van der Waals surface area contributed by atoms with E-state index < -0.39 is 0 Å². The molecule has 3 rings (SSSR count). The largest absolute Gasteiger partial charge is 0.466 e. The average Bonchev–Trinajstić information content (AvgIpc) is 2.98. The summed E-state index contributed by atoms with van der Waals surface area (Å²) < 4.78 is 5.41. The van der Waals surface area contributed by atoms with Crippen molar-refractivity contribution in [1.29, 1.82) is 5.26 Å². The highest BCUT2D eigenvalue weighted by atomic mass is 16.3. The maximum Gasteiger partial charge on any atom is 0.254 e. The minimum absolute atomic E-state index is 0.0757. The molecule has 1 saturated heterocycles. The van der Waals surface area contributed by atoms with Gasteiger partial charge < -0.3 is 14.6 Å². The van der Waals surface area contributed by atoms with Gasteiger partial charge in [-0.15, -0.1) is 0 Å². The Hall–Kier alpha value is -2.81. The topological polar surface area (TPSA) is 82.2 Å². The fraction of sp³-hybridized carbons (Fsp3) is 0.421. The Labute approximate surface area is 147 Å². The molecule has 0 radical (unpaired) electrons. The summed E-state index contributed by atoms with van der Waals surface area (Å²) in [5.74, 6) is 2.52. The van der Waals surface area contributed by atoms with E-state index in [0.717, 1.165) is 37.5 Å². The average molecular weight is 338 g/mol. The zero-order valence-corrected chi connectivity index (χ0v) is 14.6. The quantitative estimate of drug-likeness (QED) is 0.927. The fourth-order valence-corrected chi connectivity index (χ4v) is 3.27. The number of aromatic nitrogens is 1. The summed E-state index contributed by atoms with van der Waals surface area (Å²) >= 11 is 0. The SMILES string of the molecule is Cc1cc(C(=O)NCC2CCN(c3ncccc3C#N)CC2)c(C)o1. The monoisotopic (exact) mass is 338 g/mol. The molecular formula is C19H22N4O2. The van der Waals surface area contributed by atoms with Crippen LogP contribution < -0.4 is 10.2 Å². The molecule has 0 spiro atoms. The van der Waals surface area contributed by atoms with Crippen molar-refractivity contribution in [3.05, 3.63) is 47.0 Å². The van der Waals surface area contributed by atoms with Crippen LogP contribution in [0.5, 0.6) is 0 Å². The van der Waals surface area contributed by atoms with Crippen molar-refractivity contribution in [3.8, 4) is 6.07 Å². The third-order valence-corrected chi connectivity index (χ3v) is 4.66. The third-order valence-electron chi connectivity index (χ3n) is 4.66. The molecule has 0 atom stereocenters. The van der Waals surface area contributed by atoms with Crippen molar-refractivity contribution < 1.29 is 9.21 Å². The highest BCUT2D eigenvalue weighted by Gasteiger charge is 2.23. The zero-order chi connectivity index (χ0) is 17.8. The van der Waals surface area contributed by atoms with Crippen LogP contribution >= 0.6 is 0 Å². The number of nitrogens with zero attached hydrogens (tertiary/aromatic N) is 3. The number of carbonyl (C=O) groups is 1. The normalized spacial score (nSPS) is 15.0. The molecule has 130 valence electrons. The first kappa shape index (κ1) is 17.0. The lowest BCUT2D eigenvalue weighted by molar-refractivity contribution is 0.0943.